The number of halogens is 4. The van der Waals surface area contributed by atoms with Crippen LogP contribution in [0.15, 0.2) is 18.2 Å². The lowest BCUT2D eigenvalue weighted by atomic mass is 9.75. The van der Waals surface area contributed by atoms with Crippen molar-refractivity contribution in [2.24, 2.45) is 5.92 Å². The molecule has 2 rings (SSSR count). The van der Waals surface area contributed by atoms with Gasteiger partial charge in [-0.25, -0.2) is 4.39 Å². The molecule has 30 heavy (non-hydrogen) atoms. The first-order valence-corrected chi connectivity index (χ1v) is 9.46. The van der Waals surface area contributed by atoms with E-state index in [0.717, 1.165) is 12.1 Å². The molecule has 0 unspecified atom stereocenters. The van der Waals surface area contributed by atoms with Gasteiger partial charge in [0.15, 0.2) is 0 Å². The minimum Gasteiger partial charge on any atom is -0.426 e. The third-order valence-corrected chi connectivity index (χ3v) is 4.76. The molecule has 1 saturated heterocycles. The molecule has 166 valence electrons. The van der Waals surface area contributed by atoms with Crippen molar-refractivity contribution in [1.82, 2.24) is 10.6 Å². The minimum absolute atomic E-state index is 0.0915. The van der Waals surface area contributed by atoms with E-state index in [4.69, 9.17) is 0 Å². The summed E-state index contributed by atoms with van der Waals surface area (Å²) in [7, 11) is -1.75. The summed E-state index contributed by atoms with van der Waals surface area (Å²) in [6.45, 7) is 3.53. The zero-order valence-corrected chi connectivity index (χ0v) is 16.5. The van der Waals surface area contributed by atoms with Crippen LogP contribution < -0.4 is 15.5 Å². The maximum Gasteiger partial charge on any atom is 0.475 e. The first-order chi connectivity index (χ1) is 13.9. The van der Waals surface area contributed by atoms with Crippen LogP contribution in [-0.4, -0.2) is 54.1 Å². The number of nitrogens with one attached hydrogen (secondary N) is 2. The standard InChI is InChI=1S/C18H24BF4N3O4/c1-10(2)7-15(19(29)30)25-16(27)9-24-17(28)14-5-6-26(14)13-4-3-11(8-12(13)20)18(21,22)23/h3-4,8,10,14-15,29-30H,5-7,9H2,1-2H3,(H,24,28)(H,25,27)/t14-,15+/m0/s1. The normalized spacial score (nSPS) is 17.4. The first-order valence-electron chi connectivity index (χ1n) is 9.46. The largest absolute Gasteiger partial charge is 0.475 e. The van der Waals surface area contributed by atoms with Gasteiger partial charge in [0.25, 0.3) is 0 Å². The Hall–Kier alpha value is -2.34. The second kappa shape index (κ2) is 9.65. The average Bonchev–Trinajstić information content (AvgIpc) is 2.58. The molecule has 0 bridgehead atoms. The van der Waals surface area contributed by atoms with Gasteiger partial charge in [-0.2, -0.15) is 13.2 Å². The fourth-order valence-corrected chi connectivity index (χ4v) is 3.17. The van der Waals surface area contributed by atoms with Crippen molar-refractivity contribution in [1.29, 1.82) is 0 Å². The highest BCUT2D eigenvalue weighted by molar-refractivity contribution is 6.43. The Morgan fingerprint density at radius 1 is 1.30 bits per heavy atom. The molecule has 1 aromatic carbocycles. The van der Waals surface area contributed by atoms with Crippen molar-refractivity contribution in [3.05, 3.63) is 29.6 Å². The van der Waals surface area contributed by atoms with Gasteiger partial charge in [0.05, 0.1) is 23.7 Å². The molecule has 0 aromatic heterocycles. The Morgan fingerprint density at radius 2 is 1.97 bits per heavy atom. The van der Waals surface area contributed by atoms with Crippen LogP contribution in [-0.2, 0) is 15.8 Å². The van der Waals surface area contributed by atoms with Gasteiger partial charge in [-0.15, -0.1) is 0 Å². The van der Waals surface area contributed by atoms with Crippen LogP contribution in [0.1, 0.15) is 32.3 Å². The molecule has 12 heteroatoms. The Labute approximate surface area is 171 Å². The molecule has 2 atom stereocenters. The van der Waals surface area contributed by atoms with E-state index in [1.165, 1.54) is 4.90 Å². The molecule has 1 aliphatic heterocycles. The lowest BCUT2D eigenvalue weighted by Gasteiger charge is -2.41. The van der Waals surface area contributed by atoms with E-state index >= 15 is 0 Å². The van der Waals surface area contributed by atoms with Crippen molar-refractivity contribution in [2.75, 3.05) is 18.0 Å². The van der Waals surface area contributed by atoms with Gasteiger partial charge in [-0.05, 0) is 37.0 Å². The number of amides is 2. The molecule has 1 aliphatic rings. The molecule has 0 radical (unpaired) electrons. The predicted molar refractivity (Wildman–Crippen MR) is 102 cm³/mol. The highest BCUT2D eigenvalue weighted by Gasteiger charge is 2.37. The van der Waals surface area contributed by atoms with E-state index in [-0.39, 0.29) is 18.2 Å². The van der Waals surface area contributed by atoms with E-state index in [2.05, 4.69) is 10.6 Å². The highest BCUT2D eigenvalue weighted by Crippen LogP contribution is 2.34. The van der Waals surface area contributed by atoms with E-state index < -0.39 is 55.0 Å². The first kappa shape index (κ1) is 23.9. The minimum atomic E-state index is -4.67. The fourth-order valence-electron chi connectivity index (χ4n) is 3.17. The van der Waals surface area contributed by atoms with Crippen LogP contribution in [0.5, 0.6) is 0 Å². The third kappa shape index (κ3) is 6.08. The van der Waals surface area contributed by atoms with Gasteiger partial charge < -0.3 is 25.6 Å². The Morgan fingerprint density at radius 3 is 2.43 bits per heavy atom. The number of benzene rings is 1. The van der Waals surface area contributed by atoms with Crippen molar-refractivity contribution in [3.63, 3.8) is 0 Å². The van der Waals surface area contributed by atoms with Gasteiger partial charge in [0.2, 0.25) is 11.8 Å². The van der Waals surface area contributed by atoms with Crippen LogP contribution in [0.2, 0.25) is 0 Å². The second-order valence-electron chi connectivity index (χ2n) is 7.60. The number of nitrogens with zero attached hydrogens (tertiary/aromatic N) is 1. The maximum absolute atomic E-state index is 14.1. The molecule has 0 saturated carbocycles. The van der Waals surface area contributed by atoms with E-state index in [0.29, 0.717) is 18.9 Å². The predicted octanol–water partition coefficient (Wildman–Crippen LogP) is 1.08. The number of hydrogen-bond donors (Lipinski definition) is 4. The van der Waals surface area contributed by atoms with Crippen LogP contribution >= 0.6 is 0 Å². The summed E-state index contributed by atoms with van der Waals surface area (Å²) in [5, 5.41) is 23.4. The molecular weight excluding hydrogens is 409 g/mol. The smallest absolute Gasteiger partial charge is 0.426 e. The number of anilines is 1. The van der Waals surface area contributed by atoms with E-state index in [9.17, 15) is 37.2 Å². The number of carbonyl (C=O) groups excluding carboxylic acids is 2. The van der Waals surface area contributed by atoms with Crippen LogP contribution in [0, 0.1) is 11.7 Å². The summed E-state index contributed by atoms with van der Waals surface area (Å²) in [6.07, 6.45) is -4.01. The highest BCUT2D eigenvalue weighted by atomic mass is 19.4. The summed E-state index contributed by atoms with van der Waals surface area (Å²) in [5.41, 5.74) is -1.25. The lowest BCUT2D eigenvalue weighted by molar-refractivity contribution is -0.137. The van der Waals surface area contributed by atoms with Crippen LogP contribution in [0.25, 0.3) is 0 Å². The van der Waals surface area contributed by atoms with Crippen molar-refractivity contribution >= 4 is 24.6 Å². The van der Waals surface area contributed by atoms with Gasteiger partial charge in [0.1, 0.15) is 11.9 Å². The number of carbonyl (C=O) groups is 2. The SMILES string of the molecule is CC(C)C[C@@H](NC(=O)CNC(=O)[C@@H]1CCN1c1ccc(C(F)(F)F)cc1F)B(O)O. The molecule has 1 fully saturated rings. The summed E-state index contributed by atoms with van der Waals surface area (Å²) in [6, 6.07) is 1.28. The van der Waals surface area contributed by atoms with Crippen molar-refractivity contribution in [2.45, 2.75) is 44.8 Å². The molecule has 0 spiro atoms. The lowest BCUT2D eigenvalue weighted by Crippen LogP contribution is -2.58. The molecular formula is C18H24BF4N3O4. The number of alkyl halides is 3. The van der Waals surface area contributed by atoms with Gasteiger partial charge in [-0.3, -0.25) is 9.59 Å². The second-order valence-corrected chi connectivity index (χ2v) is 7.60. The molecule has 2 amide bonds. The van der Waals surface area contributed by atoms with Crippen LogP contribution in [0.3, 0.4) is 0 Å². The summed E-state index contributed by atoms with van der Waals surface area (Å²) >= 11 is 0. The zero-order chi connectivity index (χ0) is 22.6. The van der Waals surface area contributed by atoms with Crippen molar-refractivity contribution < 1.29 is 37.2 Å². The van der Waals surface area contributed by atoms with Gasteiger partial charge in [-0.1, -0.05) is 13.8 Å². The van der Waals surface area contributed by atoms with E-state index in [1.54, 1.807) is 0 Å². The molecule has 1 aromatic rings. The summed E-state index contributed by atoms with van der Waals surface area (Å²) in [5.74, 6) is -3.10. The summed E-state index contributed by atoms with van der Waals surface area (Å²) in [4.78, 5) is 25.6. The quantitative estimate of drug-likeness (QED) is 0.363. The fraction of sp³-hybridized carbons (Fsp3) is 0.556. The Balaban J connectivity index is 1.93. The molecule has 0 aliphatic carbocycles. The number of hydrogen-bond acceptors (Lipinski definition) is 5. The molecule has 4 N–H and O–H groups in total. The zero-order valence-electron chi connectivity index (χ0n) is 16.5. The van der Waals surface area contributed by atoms with Gasteiger partial charge >= 0.3 is 13.3 Å². The number of rotatable bonds is 8. The molecule has 7 nitrogen and oxygen atoms in total. The summed E-state index contributed by atoms with van der Waals surface area (Å²) < 4.78 is 52.2. The maximum atomic E-state index is 14.1. The van der Waals surface area contributed by atoms with Crippen LogP contribution in [0.4, 0.5) is 23.2 Å². The van der Waals surface area contributed by atoms with Crippen molar-refractivity contribution in [3.8, 4) is 0 Å². The topological polar surface area (TPSA) is 102 Å². The average molecular weight is 433 g/mol. The Bertz CT molecular complexity index is 776. The van der Waals surface area contributed by atoms with Gasteiger partial charge in [0, 0.05) is 6.54 Å². The Kier molecular flexibility index (Phi) is 7.70. The van der Waals surface area contributed by atoms with E-state index in [1.807, 2.05) is 13.8 Å². The monoisotopic (exact) mass is 433 g/mol. The molecule has 1 heterocycles. The third-order valence-electron chi connectivity index (χ3n) is 4.76.